The highest BCUT2D eigenvalue weighted by atomic mass is 15.1. The van der Waals surface area contributed by atoms with Crippen molar-refractivity contribution in [1.29, 1.82) is 0 Å². The summed E-state index contributed by atoms with van der Waals surface area (Å²) in [4.78, 5) is 31.6. The van der Waals surface area contributed by atoms with Gasteiger partial charge in [0.25, 0.3) is 0 Å². The standard InChI is InChI=1S/C66H52N8/c1-65(2)49-29-17-19-31-53(49)73-55-38-56-46(37-45(55)47-33-43(35-51(65)57(47)73)63-69-59(39-21-9-5-10-22-39)67-60(70-63)40-23-11-6-12-24-40)48-34-44(36-52-58(48)74(56)54-32-20-18-30-50(54)66(52,3)4)64-71-61(41-25-13-7-14-26-41)68-62(72-64)42-27-15-8-16-28-42/h5-7,9-15,17-25,27-35,37-38,41,52H,8,16,26,36H2,1-4H3. The van der Waals surface area contributed by atoms with E-state index in [1.807, 2.05) is 36.4 Å². The van der Waals surface area contributed by atoms with Crippen LogP contribution < -0.4 is 0 Å². The summed E-state index contributed by atoms with van der Waals surface area (Å²) in [5.74, 6) is 4.52. The molecule has 0 radical (unpaired) electrons. The third kappa shape index (κ3) is 6.33. The molecule has 4 aromatic heterocycles. The van der Waals surface area contributed by atoms with Crippen LogP contribution in [0, 0.1) is 0 Å². The van der Waals surface area contributed by atoms with Crippen molar-refractivity contribution in [2.75, 3.05) is 0 Å². The molecule has 2 atom stereocenters. The average Bonchev–Trinajstić information content (AvgIpc) is 4.10. The van der Waals surface area contributed by atoms with Gasteiger partial charge >= 0.3 is 0 Å². The molecule has 0 saturated heterocycles. The fraction of sp³-hybridized carbons (Fsp3) is 0.182. The second kappa shape index (κ2) is 15.9. The van der Waals surface area contributed by atoms with Gasteiger partial charge in [-0.1, -0.05) is 167 Å². The van der Waals surface area contributed by atoms with Crippen molar-refractivity contribution in [1.82, 2.24) is 39.0 Å². The topological polar surface area (TPSA) is 87.2 Å². The van der Waals surface area contributed by atoms with Crippen molar-refractivity contribution >= 4 is 49.9 Å². The molecule has 2 aliphatic heterocycles. The molecule has 3 aliphatic carbocycles. The Kier molecular flexibility index (Phi) is 9.26. The van der Waals surface area contributed by atoms with Crippen molar-refractivity contribution in [3.8, 4) is 45.5 Å². The molecule has 10 aromatic rings. The van der Waals surface area contributed by atoms with E-state index in [0.717, 1.165) is 71.0 Å². The molecular weight excluding hydrogens is 905 g/mol. The molecule has 356 valence electrons. The molecule has 0 spiro atoms. The van der Waals surface area contributed by atoms with E-state index in [0.29, 0.717) is 17.5 Å². The zero-order valence-electron chi connectivity index (χ0n) is 41.9. The number of rotatable bonds is 6. The number of hydrogen-bond donors (Lipinski definition) is 0. The van der Waals surface area contributed by atoms with Crippen LogP contribution in [0.3, 0.4) is 0 Å². The maximum atomic E-state index is 5.41. The number of hydrogen-bond acceptors (Lipinski definition) is 6. The Morgan fingerprint density at radius 1 is 0.527 bits per heavy atom. The Morgan fingerprint density at radius 2 is 1.18 bits per heavy atom. The maximum Gasteiger partial charge on any atom is 0.164 e. The lowest BCUT2D eigenvalue weighted by atomic mass is 9.65. The number of aromatic nitrogens is 8. The van der Waals surface area contributed by atoms with E-state index in [2.05, 4.69) is 182 Å². The summed E-state index contributed by atoms with van der Waals surface area (Å²) in [5, 5.41) is 3.57. The van der Waals surface area contributed by atoms with Gasteiger partial charge < -0.3 is 9.13 Å². The van der Waals surface area contributed by atoms with Crippen molar-refractivity contribution in [2.45, 2.75) is 76.0 Å². The smallest absolute Gasteiger partial charge is 0.164 e. The molecular formula is C66H52N8. The monoisotopic (exact) mass is 956 g/mol. The first-order valence-corrected chi connectivity index (χ1v) is 26.1. The molecule has 2 unspecified atom stereocenters. The minimum absolute atomic E-state index is 0.0823. The summed E-state index contributed by atoms with van der Waals surface area (Å²) in [6.07, 6.45) is 21.5. The lowest BCUT2D eigenvalue weighted by Gasteiger charge is -2.43. The van der Waals surface area contributed by atoms with Gasteiger partial charge in [-0.05, 0) is 90.4 Å². The van der Waals surface area contributed by atoms with E-state index in [9.17, 15) is 0 Å². The van der Waals surface area contributed by atoms with Crippen LogP contribution >= 0.6 is 0 Å². The van der Waals surface area contributed by atoms with E-state index in [1.54, 1.807) is 0 Å². The normalized spacial score (nSPS) is 18.5. The second-order valence-corrected chi connectivity index (χ2v) is 21.8. The summed E-state index contributed by atoms with van der Waals surface area (Å²) < 4.78 is 5.14. The van der Waals surface area contributed by atoms with Crippen LogP contribution in [0.2, 0.25) is 0 Å². The summed E-state index contributed by atoms with van der Waals surface area (Å²) >= 11 is 0. The minimum atomic E-state index is -0.341. The summed E-state index contributed by atoms with van der Waals surface area (Å²) in [6, 6.07) is 48.2. The molecule has 0 N–H and O–H groups in total. The molecule has 0 saturated carbocycles. The van der Waals surface area contributed by atoms with Gasteiger partial charge in [-0.25, -0.2) is 29.9 Å². The Balaban J connectivity index is 1.02. The number of allylic oxidation sites excluding steroid dienone is 9. The Hall–Kier alpha value is -8.62. The number of para-hydroxylation sites is 2. The molecule has 6 aromatic carbocycles. The first kappa shape index (κ1) is 43.0. The van der Waals surface area contributed by atoms with Gasteiger partial charge in [-0.2, -0.15) is 0 Å². The summed E-state index contributed by atoms with van der Waals surface area (Å²) in [5.41, 5.74) is 17.0. The summed E-state index contributed by atoms with van der Waals surface area (Å²) in [6.45, 7) is 9.60. The molecule has 0 amide bonds. The van der Waals surface area contributed by atoms with E-state index >= 15 is 0 Å². The first-order chi connectivity index (χ1) is 36.2. The van der Waals surface area contributed by atoms with Gasteiger partial charge in [0.15, 0.2) is 29.1 Å². The average molecular weight is 957 g/mol. The lowest BCUT2D eigenvalue weighted by molar-refractivity contribution is 0.387. The SMILES string of the molecule is CC1(C)c2ccccc2-n2c3cc4c(cc3c3cc(-c5nc(-c6ccccc6)nc(-c6ccccc6)n5)cc1c32)c1c2n4-c3ccccc3C(C)(C)C2CC(c2nc(C3=CCCC=C3)nc(C3C=CC=CC3)n2)=C1. The van der Waals surface area contributed by atoms with Gasteiger partial charge in [0.05, 0.1) is 22.2 Å². The van der Waals surface area contributed by atoms with Gasteiger partial charge in [-0.15, -0.1) is 0 Å². The highest BCUT2D eigenvalue weighted by Crippen LogP contribution is 2.57. The first-order valence-electron chi connectivity index (χ1n) is 26.1. The molecule has 74 heavy (non-hydrogen) atoms. The molecule has 0 bridgehead atoms. The molecule has 0 fully saturated rings. The Morgan fingerprint density at radius 3 is 1.88 bits per heavy atom. The predicted molar refractivity (Wildman–Crippen MR) is 300 cm³/mol. The highest BCUT2D eigenvalue weighted by Gasteiger charge is 2.45. The molecule has 5 aliphatic rings. The fourth-order valence-corrected chi connectivity index (χ4v) is 12.9. The van der Waals surface area contributed by atoms with E-state index in [1.165, 1.54) is 72.0 Å². The van der Waals surface area contributed by atoms with Crippen LogP contribution in [0.1, 0.15) is 111 Å². The molecule has 8 nitrogen and oxygen atoms in total. The zero-order chi connectivity index (χ0) is 49.5. The van der Waals surface area contributed by atoms with Crippen molar-refractivity contribution < 1.29 is 0 Å². The zero-order valence-corrected chi connectivity index (χ0v) is 41.9. The van der Waals surface area contributed by atoms with Gasteiger partial charge in [0.1, 0.15) is 5.82 Å². The maximum absolute atomic E-state index is 5.41. The highest BCUT2D eigenvalue weighted by molar-refractivity contribution is 6.17. The largest absolute Gasteiger partial charge is 0.312 e. The Labute approximate surface area is 430 Å². The van der Waals surface area contributed by atoms with Gasteiger partial charge in [0, 0.05) is 78.0 Å². The van der Waals surface area contributed by atoms with Gasteiger partial charge in [-0.3, -0.25) is 0 Å². The lowest BCUT2D eigenvalue weighted by Crippen LogP contribution is -2.35. The quantitative estimate of drug-likeness (QED) is 0.165. The summed E-state index contributed by atoms with van der Waals surface area (Å²) in [7, 11) is 0. The minimum Gasteiger partial charge on any atom is -0.312 e. The second-order valence-electron chi connectivity index (χ2n) is 21.8. The van der Waals surface area contributed by atoms with Crippen LogP contribution in [-0.4, -0.2) is 39.0 Å². The molecule has 15 rings (SSSR count). The van der Waals surface area contributed by atoms with Crippen LogP contribution in [-0.2, 0) is 10.8 Å². The predicted octanol–water partition coefficient (Wildman–Crippen LogP) is 15.4. The van der Waals surface area contributed by atoms with E-state index < -0.39 is 0 Å². The number of nitrogens with zero attached hydrogens (tertiary/aromatic N) is 8. The fourth-order valence-electron chi connectivity index (χ4n) is 12.9. The third-order valence-electron chi connectivity index (χ3n) is 16.8. The van der Waals surface area contributed by atoms with Crippen LogP contribution in [0.4, 0.5) is 0 Å². The van der Waals surface area contributed by atoms with Crippen molar-refractivity contribution in [3.63, 3.8) is 0 Å². The number of benzene rings is 6. The van der Waals surface area contributed by atoms with Crippen molar-refractivity contribution in [3.05, 3.63) is 221 Å². The van der Waals surface area contributed by atoms with E-state index in [4.69, 9.17) is 29.9 Å². The number of fused-ring (bicyclic) bond motifs is 10. The van der Waals surface area contributed by atoms with E-state index in [-0.39, 0.29) is 22.7 Å². The van der Waals surface area contributed by atoms with Crippen molar-refractivity contribution in [2.24, 2.45) is 0 Å². The van der Waals surface area contributed by atoms with Gasteiger partial charge in [0.2, 0.25) is 0 Å². The Bertz CT molecular complexity index is 4140. The van der Waals surface area contributed by atoms with Crippen LogP contribution in [0.15, 0.2) is 176 Å². The molecule has 6 heterocycles. The third-order valence-corrected chi connectivity index (χ3v) is 16.8. The van der Waals surface area contributed by atoms with Crippen LogP contribution in [0.25, 0.3) is 95.5 Å². The molecule has 8 heteroatoms. The van der Waals surface area contributed by atoms with Crippen LogP contribution in [0.5, 0.6) is 0 Å².